The number of hydrogen-bond acceptors (Lipinski definition) is 4. The van der Waals surface area contributed by atoms with Crippen LogP contribution < -0.4 is 4.90 Å². The van der Waals surface area contributed by atoms with E-state index < -0.39 is 4.92 Å². The van der Waals surface area contributed by atoms with Crippen LogP contribution in [0.15, 0.2) is 42.6 Å². The van der Waals surface area contributed by atoms with E-state index in [1.54, 1.807) is 24.2 Å². The molecule has 0 spiro atoms. The number of hydrogen-bond donors (Lipinski definition) is 0. The summed E-state index contributed by atoms with van der Waals surface area (Å²) in [6.45, 7) is 2.61. The minimum Gasteiger partial charge on any atom is -0.350 e. The molecule has 0 fully saturated rings. The number of aryl methyl sites for hydroxylation is 1. The zero-order chi connectivity index (χ0) is 13.8. The van der Waals surface area contributed by atoms with Gasteiger partial charge in [-0.25, -0.2) is 4.98 Å². The molecule has 2 rings (SSSR count). The fourth-order valence-corrected chi connectivity index (χ4v) is 1.87. The smallest absolute Gasteiger partial charge is 0.311 e. The molecule has 0 saturated carbocycles. The van der Waals surface area contributed by atoms with Crippen LogP contribution in [0.1, 0.15) is 11.1 Å². The first-order valence-electron chi connectivity index (χ1n) is 5.94. The van der Waals surface area contributed by atoms with Crippen LogP contribution in [0.4, 0.5) is 11.5 Å². The second-order valence-electron chi connectivity index (χ2n) is 4.44. The fourth-order valence-electron chi connectivity index (χ4n) is 1.87. The molecular weight excluding hydrogens is 242 g/mol. The van der Waals surface area contributed by atoms with Gasteiger partial charge in [-0.3, -0.25) is 10.1 Å². The summed E-state index contributed by atoms with van der Waals surface area (Å²) in [6, 6.07) is 11.1. The summed E-state index contributed by atoms with van der Waals surface area (Å²) in [5.74, 6) is 0.382. The Bertz CT molecular complexity index is 581. The standard InChI is InChI=1S/C14H15N3O2/c1-11-5-7-12(8-6-11)10-16(2)14-13(17(18)19)4-3-9-15-14/h3-9H,10H2,1-2H3. The maximum absolute atomic E-state index is 11.0. The number of nitro groups is 1. The molecule has 5 heteroatoms. The summed E-state index contributed by atoms with van der Waals surface area (Å²) < 4.78 is 0. The van der Waals surface area contributed by atoms with Gasteiger partial charge in [-0.1, -0.05) is 29.8 Å². The van der Waals surface area contributed by atoms with E-state index in [9.17, 15) is 10.1 Å². The largest absolute Gasteiger partial charge is 0.350 e. The molecular formula is C14H15N3O2. The molecule has 0 atom stereocenters. The maximum Gasteiger partial charge on any atom is 0.311 e. The Morgan fingerprint density at radius 2 is 1.95 bits per heavy atom. The Balaban J connectivity index is 2.22. The van der Waals surface area contributed by atoms with Gasteiger partial charge in [0.1, 0.15) is 0 Å². The van der Waals surface area contributed by atoms with Gasteiger partial charge >= 0.3 is 5.69 Å². The number of benzene rings is 1. The first kappa shape index (κ1) is 13.0. The second kappa shape index (κ2) is 5.48. The predicted octanol–water partition coefficient (Wildman–Crippen LogP) is 2.93. The monoisotopic (exact) mass is 257 g/mol. The SMILES string of the molecule is Cc1ccc(CN(C)c2ncccc2[N+](=O)[O-])cc1. The Morgan fingerprint density at radius 1 is 1.26 bits per heavy atom. The van der Waals surface area contributed by atoms with Crippen LogP contribution in [0, 0.1) is 17.0 Å². The lowest BCUT2D eigenvalue weighted by Crippen LogP contribution is -2.18. The molecule has 19 heavy (non-hydrogen) atoms. The quantitative estimate of drug-likeness (QED) is 0.624. The number of rotatable bonds is 4. The number of anilines is 1. The van der Waals surface area contributed by atoms with Crippen molar-refractivity contribution in [1.82, 2.24) is 4.98 Å². The van der Waals surface area contributed by atoms with Gasteiger partial charge in [-0.2, -0.15) is 0 Å². The van der Waals surface area contributed by atoms with E-state index in [-0.39, 0.29) is 5.69 Å². The average molecular weight is 257 g/mol. The molecule has 98 valence electrons. The number of pyridine rings is 1. The van der Waals surface area contributed by atoms with Crippen molar-refractivity contribution in [1.29, 1.82) is 0 Å². The highest BCUT2D eigenvalue weighted by Crippen LogP contribution is 2.24. The Kier molecular flexibility index (Phi) is 3.75. The molecule has 0 N–H and O–H groups in total. The van der Waals surface area contributed by atoms with E-state index in [4.69, 9.17) is 0 Å². The van der Waals surface area contributed by atoms with E-state index in [0.29, 0.717) is 12.4 Å². The average Bonchev–Trinajstić information content (AvgIpc) is 2.41. The van der Waals surface area contributed by atoms with Gasteiger partial charge in [0.25, 0.3) is 0 Å². The normalized spacial score (nSPS) is 10.2. The van der Waals surface area contributed by atoms with Crippen molar-refractivity contribution in [3.63, 3.8) is 0 Å². The third kappa shape index (κ3) is 3.07. The highest BCUT2D eigenvalue weighted by Gasteiger charge is 2.17. The van der Waals surface area contributed by atoms with Gasteiger partial charge in [-0.15, -0.1) is 0 Å². The summed E-state index contributed by atoms with van der Waals surface area (Å²) in [6.07, 6.45) is 1.56. The van der Waals surface area contributed by atoms with Crippen LogP contribution in [0.2, 0.25) is 0 Å². The summed E-state index contributed by atoms with van der Waals surface area (Å²) in [7, 11) is 1.80. The van der Waals surface area contributed by atoms with Crippen LogP contribution in [0.3, 0.4) is 0 Å². The molecule has 0 aliphatic rings. The van der Waals surface area contributed by atoms with Crippen LogP contribution in [0.25, 0.3) is 0 Å². The lowest BCUT2D eigenvalue weighted by molar-refractivity contribution is -0.384. The highest BCUT2D eigenvalue weighted by atomic mass is 16.6. The molecule has 0 aliphatic heterocycles. The van der Waals surface area contributed by atoms with E-state index in [1.165, 1.54) is 11.6 Å². The zero-order valence-electron chi connectivity index (χ0n) is 10.9. The summed E-state index contributed by atoms with van der Waals surface area (Å²) in [4.78, 5) is 16.4. The Labute approximate surface area is 111 Å². The molecule has 1 aromatic heterocycles. The van der Waals surface area contributed by atoms with Crippen molar-refractivity contribution < 1.29 is 4.92 Å². The van der Waals surface area contributed by atoms with Crippen LogP contribution in [0.5, 0.6) is 0 Å². The molecule has 5 nitrogen and oxygen atoms in total. The molecule has 1 heterocycles. The topological polar surface area (TPSA) is 59.3 Å². The predicted molar refractivity (Wildman–Crippen MR) is 74.2 cm³/mol. The second-order valence-corrected chi connectivity index (χ2v) is 4.44. The van der Waals surface area contributed by atoms with Gasteiger partial charge < -0.3 is 4.90 Å². The summed E-state index contributed by atoms with van der Waals surface area (Å²) in [5, 5.41) is 11.0. The fraction of sp³-hybridized carbons (Fsp3) is 0.214. The highest BCUT2D eigenvalue weighted by molar-refractivity contribution is 5.56. The molecule has 0 saturated heterocycles. The first-order valence-corrected chi connectivity index (χ1v) is 5.94. The van der Waals surface area contributed by atoms with Gasteiger partial charge in [0.15, 0.2) is 0 Å². The minimum absolute atomic E-state index is 0.0251. The molecule has 0 amide bonds. The van der Waals surface area contributed by atoms with Crippen molar-refractivity contribution in [3.8, 4) is 0 Å². The van der Waals surface area contributed by atoms with Crippen LogP contribution >= 0.6 is 0 Å². The summed E-state index contributed by atoms with van der Waals surface area (Å²) >= 11 is 0. The van der Waals surface area contributed by atoms with Crippen molar-refractivity contribution in [2.45, 2.75) is 13.5 Å². The van der Waals surface area contributed by atoms with Crippen molar-refractivity contribution >= 4 is 11.5 Å². The maximum atomic E-state index is 11.0. The molecule has 0 radical (unpaired) electrons. The van der Waals surface area contributed by atoms with E-state index in [2.05, 4.69) is 4.98 Å². The molecule has 0 aliphatic carbocycles. The van der Waals surface area contributed by atoms with Gasteiger partial charge in [0, 0.05) is 25.9 Å². The third-order valence-corrected chi connectivity index (χ3v) is 2.86. The zero-order valence-corrected chi connectivity index (χ0v) is 10.9. The molecule has 1 aromatic carbocycles. The first-order chi connectivity index (χ1) is 9.08. The van der Waals surface area contributed by atoms with Crippen molar-refractivity contribution in [3.05, 3.63) is 63.8 Å². The van der Waals surface area contributed by atoms with E-state index in [0.717, 1.165) is 5.56 Å². The lowest BCUT2D eigenvalue weighted by atomic mass is 10.1. The Morgan fingerprint density at radius 3 is 2.58 bits per heavy atom. The van der Waals surface area contributed by atoms with Gasteiger partial charge in [0.2, 0.25) is 5.82 Å². The molecule has 0 bridgehead atoms. The van der Waals surface area contributed by atoms with Crippen LogP contribution in [-0.2, 0) is 6.54 Å². The third-order valence-electron chi connectivity index (χ3n) is 2.86. The number of aromatic nitrogens is 1. The summed E-state index contributed by atoms with van der Waals surface area (Å²) in [5.41, 5.74) is 2.31. The van der Waals surface area contributed by atoms with Crippen LogP contribution in [-0.4, -0.2) is 17.0 Å². The van der Waals surface area contributed by atoms with Gasteiger partial charge in [0.05, 0.1) is 4.92 Å². The minimum atomic E-state index is -0.409. The van der Waals surface area contributed by atoms with Crippen molar-refractivity contribution in [2.75, 3.05) is 11.9 Å². The molecule has 0 unspecified atom stereocenters. The molecule has 2 aromatic rings. The Hall–Kier alpha value is -2.43. The van der Waals surface area contributed by atoms with E-state index in [1.807, 2.05) is 31.2 Å². The van der Waals surface area contributed by atoms with Crippen molar-refractivity contribution in [2.24, 2.45) is 0 Å². The number of nitrogens with zero attached hydrogens (tertiary/aromatic N) is 3. The lowest BCUT2D eigenvalue weighted by Gasteiger charge is -2.17. The van der Waals surface area contributed by atoms with E-state index >= 15 is 0 Å². The van der Waals surface area contributed by atoms with Gasteiger partial charge in [-0.05, 0) is 18.6 Å².